The first-order valence-electron chi connectivity index (χ1n) is 7.75. The summed E-state index contributed by atoms with van der Waals surface area (Å²) in [5, 5.41) is 13.8. The van der Waals surface area contributed by atoms with E-state index >= 15 is 0 Å². The Labute approximate surface area is 153 Å². The Balaban J connectivity index is 1.61. The van der Waals surface area contributed by atoms with Crippen LogP contribution in [0, 0.1) is 0 Å². The number of thiol groups is 1. The maximum absolute atomic E-state index is 12.1. The van der Waals surface area contributed by atoms with Gasteiger partial charge in [0.1, 0.15) is 11.3 Å². The van der Waals surface area contributed by atoms with E-state index in [4.69, 9.17) is 0 Å². The average Bonchev–Trinajstić information content (AvgIpc) is 3.37. The molecule has 4 rings (SSSR count). The number of nitrogens with zero attached hydrogens (tertiary/aromatic N) is 4. The first-order chi connectivity index (χ1) is 12.1. The number of carbonyl (C=O) groups is 1. The van der Waals surface area contributed by atoms with Crippen LogP contribution in [-0.2, 0) is 6.61 Å². The quantitative estimate of drug-likeness (QED) is 0.611. The molecule has 3 aromatic rings. The number of nitrogens with one attached hydrogen (secondary N) is 1. The molecule has 1 fully saturated rings. The summed E-state index contributed by atoms with van der Waals surface area (Å²) in [6.45, 7) is 0.00132. The van der Waals surface area contributed by atoms with Gasteiger partial charge in [-0.3, -0.25) is 14.6 Å². The standard InChI is InChI=1S/C16H15N5O2S2/c22-7-11-5-9(8-25-11)13-6-17-12-3-4-14(19-15(12)18-13)20-16(23)21(24)10-1-2-10/h3-6,8,10,22,24H,1-2,7H2,(H,18,19,20,23). The van der Waals surface area contributed by atoms with Crippen LogP contribution >= 0.6 is 24.2 Å². The lowest BCUT2D eigenvalue weighted by molar-refractivity contribution is 0.238. The van der Waals surface area contributed by atoms with Gasteiger partial charge in [-0.15, -0.1) is 11.3 Å². The van der Waals surface area contributed by atoms with Gasteiger partial charge in [0.05, 0.1) is 18.5 Å². The summed E-state index contributed by atoms with van der Waals surface area (Å²) >= 11 is 5.67. The van der Waals surface area contributed by atoms with Crippen molar-refractivity contribution in [3.05, 3.63) is 34.7 Å². The summed E-state index contributed by atoms with van der Waals surface area (Å²) in [5.41, 5.74) is 2.65. The summed E-state index contributed by atoms with van der Waals surface area (Å²) in [4.78, 5) is 26.2. The number of anilines is 1. The Bertz CT molecular complexity index is 941. The smallest absolute Gasteiger partial charge is 0.333 e. The van der Waals surface area contributed by atoms with Crippen molar-refractivity contribution in [3.63, 3.8) is 0 Å². The maximum atomic E-state index is 12.1. The van der Waals surface area contributed by atoms with Crippen molar-refractivity contribution in [2.45, 2.75) is 25.5 Å². The summed E-state index contributed by atoms with van der Waals surface area (Å²) in [7, 11) is 0. The molecule has 1 aliphatic rings. The Kier molecular flexibility index (Phi) is 4.28. The molecule has 25 heavy (non-hydrogen) atoms. The van der Waals surface area contributed by atoms with E-state index in [1.165, 1.54) is 15.6 Å². The molecule has 0 radical (unpaired) electrons. The lowest BCUT2D eigenvalue weighted by Gasteiger charge is -2.15. The van der Waals surface area contributed by atoms with Gasteiger partial charge in [-0.05, 0) is 31.0 Å². The van der Waals surface area contributed by atoms with Gasteiger partial charge in [-0.2, -0.15) is 0 Å². The Hall–Kier alpha value is -2.23. The lowest BCUT2D eigenvalue weighted by atomic mass is 10.2. The van der Waals surface area contributed by atoms with Gasteiger partial charge in [0.25, 0.3) is 0 Å². The van der Waals surface area contributed by atoms with Crippen molar-refractivity contribution in [2.75, 3.05) is 5.32 Å². The van der Waals surface area contributed by atoms with Crippen molar-refractivity contribution in [3.8, 4) is 11.3 Å². The molecule has 0 atom stereocenters. The van der Waals surface area contributed by atoms with E-state index in [0.29, 0.717) is 22.7 Å². The van der Waals surface area contributed by atoms with Crippen LogP contribution in [0.4, 0.5) is 10.6 Å². The zero-order valence-corrected chi connectivity index (χ0v) is 14.8. The predicted molar refractivity (Wildman–Crippen MR) is 99.4 cm³/mol. The van der Waals surface area contributed by atoms with Gasteiger partial charge in [0.2, 0.25) is 0 Å². The molecule has 9 heteroatoms. The molecule has 3 heterocycles. The molecule has 2 amide bonds. The number of amides is 2. The number of urea groups is 1. The molecule has 2 N–H and O–H groups in total. The van der Waals surface area contributed by atoms with Crippen molar-refractivity contribution in [2.24, 2.45) is 0 Å². The molecule has 0 bridgehead atoms. The average molecular weight is 373 g/mol. The van der Waals surface area contributed by atoms with Crippen LogP contribution in [0.3, 0.4) is 0 Å². The fourth-order valence-corrected chi connectivity index (χ4v) is 3.37. The summed E-state index contributed by atoms with van der Waals surface area (Å²) in [5.74, 6) is 0.407. The highest BCUT2D eigenvalue weighted by molar-refractivity contribution is 7.78. The van der Waals surface area contributed by atoms with Crippen LogP contribution in [0.25, 0.3) is 22.4 Å². The topological polar surface area (TPSA) is 91.2 Å². The minimum absolute atomic E-state index is 0.00132. The van der Waals surface area contributed by atoms with E-state index < -0.39 is 0 Å². The molecule has 0 aliphatic heterocycles. The zero-order valence-electron chi connectivity index (χ0n) is 13.1. The van der Waals surface area contributed by atoms with Gasteiger partial charge in [-0.1, -0.05) is 12.8 Å². The fraction of sp³-hybridized carbons (Fsp3) is 0.250. The number of carbonyl (C=O) groups excluding carboxylic acids is 1. The Morgan fingerprint density at radius 3 is 2.96 bits per heavy atom. The first-order valence-corrected chi connectivity index (χ1v) is 9.03. The zero-order chi connectivity index (χ0) is 17.4. The molecule has 0 spiro atoms. The number of thiophene rings is 1. The number of hydrogen-bond donors (Lipinski definition) is 3. The fourth-order valence-electron chi connectivity index (χ4n) is 2.36. The minimum Gasteiger partial charge on any atom is -0.391 e. The largest absolute Gasteiger partial charge is 0.391 e. The lowest BCUT2D eigenvalue weighted by Crippen LogP contribution is -2.29. The molecule has 128 valence electrons. The third-order valence-electron chi connectivity index (χ3n) is 3.85. The second-order valence-corrected chi connectivity index (χ2v) is 7.19. The van der Waals surface area contributed by atoms with E-state index in [2.05, 4.69) is 33.1 Å². The van der Waals surface area contributed by atoms with Gasteiger partial charge in [-0.25, -0.2) is 14.8 Å². The Morgan fingerprint density at radius 1 is 1.40 bits per heavy atom. The number of aliphatic hydroxyl groups excluding tert-OH is 1. The summed E-state index contributed by atoms with van der Waals surface area (Å²) < 4.78 is 1.40. The van der Waals surface area contributed by atoms with Crippen LogP contribution in [-0.4, -0.2) is 36.4 Å². The van der Waals surface area contributed by atoms with Gasteiger partial charge < -0.3 is 5.11 Å². The van der Waals surface area contributed by atoms with E-state index in [-0.39, 0.29) is 18.7 Å². The molecule has 0 saturated heterocycles. The molecule has 0 unspecified atom stereocenters. The van der Waals surface area contributed by atoms with Crippen molar-refractivity contribution >= 4 is 47.2 Å². The van der Waals surface area contributed by atoms with Crippen LogP contribution in [0.5, 0.6) is 0 Å². The predicted octanol–water partition coefficient (Wildman–Crippen LogP) is 3.09. The second kappa shape index (κ2) is 6.58. The van der Waals surface area contributed by atoms with Crippen molar-refractivity contribution in [1.82, 2.24) is 19.3 Å². The summed E-state index contributed by atoms with van der Waals surface area (Å²) in [6, 6.07) is 5.24. The molecule has 1 saturated carbocycles. The van der Waals surface area contributed by atoms with E-state index in [0.717, 1.165) is 23.3 Å². The molecular weight excluding hydrogens is 358 g/mol. The monoisotopic (exact) mass is 373 g/mol. The number of rotatable bonds is 4. The third kappa shape index (κ3) is 3.44. The summed E-state index contributed by atoms with van der Waals surface area (Å²) in [6.07, 6.45) is 3.63. The highest BCUT2D eigenvalue weighted by Crippen LogP contribution is 2.29. The molecule has 0 aromatic carbocycles. The van der Waals surface area contributed by atoms with Gasteiger partial charge in [0, 0.05) is 21.9 Å². The van der Waals surface area contributed by atoms with Gasteiger partial charge in [0.15, 0.2) is 5.65 Å². The SMILES string of the molecule is O=C(Nc1ccc2ncc(-c3csc(CO)c3)nc2n1)N(S)C1CC1. The number of aliphatic hydroxyl groups is 1. The van der Waals surface area contributed by atoms with E-state index in [1.54, 1.807) is 18.3 Å². The number of hydrogen-bond acceptors (Lipinski definition) is 7. The van der Waals surface area contributed by atoms with Gasteiger partial charge >= 0.3 is 6.03 Å². The van der Waals surface area contributed by atoms with Crippen LogP contribution in [0.1, 0.15) is 17.7 Å². The molecule has 7 nitrogen and oxygen atoms in total. The van der Waals surface area contributed by atoms with Crippen LogP contribution < -0.4 is 5.32 Å². The second-order valence-electron chi connectivity index (χ2n) is 5.76. The highest BCUT2D eigenvalue weighted by Gasteiger charge is 2.30. The normalized spacial score (nSPS) is 13.8. The number of pyridine rings is 1. The highest BCUT2D eigenvalue weighted by atomic mass is 32.1. The number of aromatic nitrogens is 3. The molecule has 1 aliphatic carbocycles. The molecule has 3 aromatic heterocycles. The minimum atomic E-state index is -0.299. The van der Waals surface area contributed by atoms with Crippen LogP contribution in [0.2, 0.25) is 0 Å². The first kappa shape index (κ1) is 16.2. The molecular formula is C16H15N5O2S2. The van der Waals surface area contributed by atoms with E-state index in [9.17, 15) is 9.90 Å². The maximum Gasteiger partial charge on any atom is 0.333 e. The van der Waals surface area contributed by atoms with Crippen LogP contribution in [0.15, 0.2) is 29.8 Å². The van der Waals surface area contributed by atoms with Crippen molar-refractivity contribution in [1.29, 1.82) is 0 Å². The Morgan fingerprint density at radius 2 is 2.24 bits per heavy atom. The number of fused-ring (bicyclic) bond motifs is 1. The third-order valence-corrected chi connectivity index (χ3v) is 5.28. The van der Waals surface area contributed by atoms with E-state index in [1.807, 2.05) is 11.4 Å². The van der Waals surface area contributed by atoms with Crippen molar-refractivity contribution < 1.29 is 9.90 Å².